The van der Waals surface area contributed by atoms with Crippen LogP contribution >= 0.6 is 0 Å². The maximum atomic E-state index is 5.02. The molecule has 8 aromatic rings. The predicted octanol–water partition coefficient (Wildman–Crippen LogP) is 12.2. The normalized spacial score (nSPS) is 19.1. The summed E-state index contributed by atoms with van der Waals surface area (Å²) in [6.45, 7) is 14.8. The Morgan fingerprint density at radius 1 is 0.564 bits per heavy atom. The standard InChI is InChI=1S/C51H47N4/c1-35-28-47-48(29-36(35)2)55(33-54(47,6)34-55)42-21-15-20-40(30-42)51(37-16-9-7-10-17-37,38-18-11-8-12-19-38)41-24-25-44-43-22-13-14-23-45(43)53(46(44)31-41)49-32-39(26-27-52-49)50(3,4)5/h7-33H,34H2,1-6H3/q+1/t54-,55+/m0/s1. The fourth-order valence-electron chi connectivity index (χ4n) is 9.78. The Balaban J connectivity index is 1.27. The number of para-hydroxylation sites is 1. The molecule has 2 bridgehead atoms. The van der Waals surface area contributed by atoms with Crippen LogP contribution in [0.25, 0.3) is 27.6 Å². The van der Waals surface area contributed by atoms with E-state index in [-0.39, 0.29) is 5.41 Å². The first-order valence-electron chi connectivity index (χ1n) is 19.5. The molecule has 1 fully saturated rings. The average molecular weight is 716 g/mol. The lowest BCUT2D eigenvalue weighted by atomic mass is 9.65. The average Bonchev–Trinajstić information content (AvgIpc) is 3.74. The Kier molecular flexibility index (Phi) is 7.26. The van der Waals surface area contributed by atoms with Crippen molar-refractivity contribution >= 4 is 38.9 Å². The largest absolute Gasteiger partial charge is 0.325 e. The minimum Gasteiger partial charge on any atom is -0.325 e. The van der Waals surface area contributed by atoms with E-state index >= 15 is 0 Å². The number of benzene rings is 6. The molecule has 0 saturated carbocycles. The van der Waals surface area contributed by atoms with Crippen molar-refractivity contribution in [1.29, 1.82) is 0 Å². The topological polar surface area (TPSA) is 17.8 Å². The third kappa shape index (κ3) is 4.81. The summed E-state index contributed by atoms with van der Waals surface area (Å²) in [4.78, 5) is 5.02. The number of rotatable bonds is 6. The third-order valence-corrected chi connectivity index (χ3v) is 12.6. The van der Waals surface area contributed by atoms with Crippen LogP contribution in [-0.2, 0) is 10.8 Å². The molecule has 6 aromatic carbocycles. The quantitative estimate of drug-likeness (QED) is 0.0952. The number of aromatic nitrogens is 2. The molecule has 4 heteroatoms. The van der Waals surface area contributed by atoms with Gasteiger partial charge in [-0.2, -0.15) is 0 Å². The van der Waals surface area contributed by atoms with Crippen molar-refractivity contribution in [1.82, 2.24) is 18.5 Å². The first-order chi connectivity index (χ1) is 26.5. The molecule has 11 rings (SSSR count). The molecule has 0 N–H and O–H groups in total. The van der Waals surface area contributed by atoms with Crippen LogP contribution in [0.5, 0.6) is 0 Å². The summed E-state index contributed by atoms with van der Waals surface area (Å²) in [5, 5.41) is 2.44. The van der Waals surface area contributed by atoms with Crippen LogP contribution in [-0.4, -0.2) is 23.3 Å². The molecule has 0 aliphatic carbocycles. The van der Waals surface area contributed by atoms with Gasteiger partial charge in [-0.25, -0.2) is 4.98 Å². The third-order valence-electron chi connectivity index (χ3n) is 12.6. The van der Waals surface area contributed by atoms with Gasteiger partial charge in [0.25, 0.3) is 0 Å². The van der Waals surface area contributed by atoms with Gasteiger partial charge >= 0.3 is 0 Å². The first-order valence-corrected chi connectivity index (χ1v) is 19.5. The number of hydrogen-bond acceptors (Lipinski definition) is 1. The summed E-state index contributed by atoms with van der Waals surface area (Å²) in [5.41, 5.74) is 14.7. The lowest BCUT2D eigenvalue weighted by Crippen LogP contribution is -2.68. The number of fused-ring (bicyclic) bond motifs is 3. The van der Waals surface area contributed by atoms with E-state index in [2.05, 4.69) is 205 Å². The van der Waals surface area contributed by atoms with Gasteiger partial charge in [0.1, 0.15) is 11.5 Å². The van der Waals surface area contributed by atoms with E-state index in [0.717, 1.165) is 32.5 Å². The molecule has 0 spiro atoms. The van der Waals surface area contributed by atoms with Crippen molar-refractivity contribution in [2.45, 2.75) is 45.4 Å². The number of aryl methyl sites for hydroxylation is 2. The van der Waals surface area contributed by atoms with Gasteiger partial charge in [-0.05, 0) is 88.5 Å². The number of quaternary nitrogens is 2. The highest BCUT2D eigenvalue weighted by atomic mass is 15.7. The van der Waals surface area contributed by atoms with Crippen molar-refractivity contribution in [2.75, 3.05) is 13.7 Å². The smallest absolute Gasteiger partial charge is 0.181 e. The monoisotopic (exact) mass is 715 g/mol. The molecule has 55 heavy (non-hydrogen) atoms. The summed E-state index contributed by atoms with van der Waals surface area (Å²) in [7, 11) is 2.35. The summed E-state index contributed by atoms with van der Waals surface area (Å²) < 4.78 is 3.98. The van der Waals surface area contributed by atoms with Gasteiger partial charge in [-0.3, -0.25) is 9.05 Å². The fourth-order valence-corrected chi connectivity index (χ4v) is 9.78. The first kappa shape index (κ1) is 33.7. The molecule has 2 aromatic heterocycles. The number of pyridine rings is 1. The second-order valence-electron chi connectivity index (χ2n) is 17.1. The van der Waals surface area contributed by atoms with Crippen molar-refractivity contribution in [3.05, 3.63) is 203 Å². The highest BCUT2D eigenvalue weighted by Crippen LogP contribution is 2.61. The molecule has 0 radical (unpaired) electrons. The number of nitrogens with zero attached hydrogens (tertiary/aromatic N) is 4. The van der Waals surface area contributed by atoms with Gasteiger partial charge in [-0.15, -0.1) is 0 Å². The molecule has 4 nitrogen and oxygen atoms in total. The lowest BCUT2D eigenvalue weighted by Gasteiger charge is -2.55. The van der Waals surface area contributed by atoms with Crippen LogP contribution in [0, 0.1) is 20.5 Å². The zero-order valence-electron chi connectivity index (χ0n) is 32.6. The predicted molar refractivity (Wildman–Crippen MR) is 230 cm³/mol. The van der Waals surface area contributed by atoms with Gasteiger partial charge in [0, 0.05) is 35.2 Å². The zero-order chi connectivity index (χ0) is 37.7. The Morgan fingerprint density at radius 3 is 1.85 bits per heavy atom. The van der Waals surface area contributed by atoms with Crippen LogP contribution in [0.15, 0.2) is 158 Å². The summed E-state index contributed by atoms with van der Waals surface area (Å²) >= 11 is 0. The van der Waals surface area contributed by atoms with E-state index in [4.69, 9.17) is 4.98 Å². The van der Waals surface area contributed by atoms with E-state index in [1.807, 2.05) is 6.20 Å². The van der Waals surface area contributed by atoms with E-state index in [1.54, 1.807) is 0 Å². The molecule has 1 saturated heterocycles. The van der Waals surface area contributed by atoms with E-state index in [0.29, 0.717) is 0 Å². The van der Waals surface area contributed by atoms with Crippen LogP contribution < -0.4 is 8.97 Å². The van der Waals surface area contributed by atoms with Crippen LogP contribution in [0.4, 0.5) is 17.1 Å². The Bertz CT molecular complexity index is 2740. The zero-order valence-corrected chi connectivity index (χ0v) is 32.6. The minimum atomic E-state index is -0.623. The van der Waals surface area contributed by atoms with Crippen molar-refractivity contribution in [3.63, 3.8) is 0 Å². The van der Waals surface area contributed by atoms with Gasteiger partial charge in [0.15, 0.2) is 18.0 Å². The van der Waals surface area contributed by atoms with Gasteiger partial charge < -0.3 is 4.48 Å². The summed E-state index contributed by atoms with van der Waals surface area (Å²) in [6, 6.07) is 56.9. The molecule has 3 aliphatic rings. The van der Waals surface area contributed by atoms with Gasteiger partial charge in [0.05, 0.1) is 30.2 Å². The van der Waals surface area contributed by atoms with E-state index in [1.165, 1.54) is 66.8 Å². The lowest BCUT2D eigenvalue weighted by molar-refractivity contribution is 0.157. The molecule has 270 valence electrons. The molecule has 0 amide bonds. The van der Waals surface area contributed by atoms with Crippen molar-refractivity contribution in [2.24, 2.45) is 0 Å². The SMILES string of the molecule is Cc1cc2c(cc1C)[N@@+]1(C)[CH-][N@+]2(c2cccc(C(c3ccccc3)(c3ccccc3)c3ccc4c5ccccc5n(-c5cc(C(C)(C)C)ccn5)c4c3)c2)C1. The molecular formula is C51H47N4+. The Labute approximate surface area is 324 Å². The minimum absolute atomic E-state index is 0.00798. The van der Waals surface area contributed by atoms with Crippen LogP contribution in [0.1, 0.15) is 59.7 Å². The highest BCUT2D eigenvalue weighted by molar-refractivity contribution is 6.09. The second kappa shape index (κ2) is 11.8. The Morgan fingerprint density at radius 2 is 1.16 bits per heavy atom. The van der Waals surface area contributed by atoms with E-state index in [9.17, 15) is 0 Å². The van der Waals surface area contributed by atoms with Crippen LogP contribution in [0.2, 0.25) is 0 Å². The second-order valence-corrected chi connectivity index (χ2v) is 17.1. The molecule has 2 atom stereocenters. The van der Waals surface area contributed by atoms with Crippen LogP contribution in [0.3, 0.4) is 0 Å². The molecule has 5 heterocycles. The van der Waals surface area contributed by atoms with E-state index < -0.39 is 5.41 Å². The Hall–Kier alpha value is -5.81. The van der Waals surface area contributed by atoms with Gasteiger partial charge in [0.2, 0.25) is 0 Å². The molecule has 3 aliphatic heterocycles. The molecule has 0 unspecified atom stereocenters. The fraction of sp³-hybridized carbons (Fsp3) is 0.176. The molecular weight excluding hydrogens is 669 g/mol. The highest BCUT2D eigenvalue weighted by Gasteiger charge is 2.59. The maximum absolute atomic E-state index is 5.02. The van der Waals surface area contributed by atoms with Crippen molar-refractivity contribution < 1.29 is 0 Å². The summed E-state index contributed by atoms with van der Waals surface area (Å²) in [6.07, 6.45) is 1.97. The number of hydrogen-bond donors (Lipinski definition) is 0. The van der Waals surface area contributed by atoms with Crippen molar-refractivity contribution in [3.8, 4) is 5.82 Å². The van der Waals surface area contributed by atoms with Gasteiger partial charge in [-0.1, -0.05) is 124 Å². The summed E-state index contributed by atoms with van der Waals surface area (Å²) in [5.74, 6) is 0.936. The maximum Gasteiger partial charge on any atom is 0.181 e.